The standard InChI is InChI=1S/C29H26NO.C9H16O2.Ir/c1-18-14-24-23-6-4-5-7-26(23)31-28(24)25(15-18)27-22-9-8-19(16-20(22)11-13-30-27)21-10-12-29(2,3)17-21;1-6(2)8(10)5-9(11)7(3)4;/h4-9,11,13-14,16,21H,10,12,17H2,1-3H3;5-7,10H,1-4H3;/q-1;;/b;8-5-;. The molecule has 1 aliphatic rings. The van der Waals surface area contributed by atoms with Crippen molar-refractivity contribution in [3.05, 3.63) is 89.8 Å². The summed E-state index contributed by atoms with van der Waals surface area (Å²) in [6.07, 6.45) is 7.09. The Morgan fingerprint density at radius 2 is 1.77 bits per heavy atom. The molecule has 227 valence electrons. The fourth-order valence-corrected chi connectivity index (χ4v) is 5.92. The summed E-state index contributed by atoms with van der Waals surface area (Å²) in [5.74, 6) is 0.817. The minimum absolute atomic E-state index is 0. The van der Waals surface area contributed by atoms with E-state index in [1.165, 1.54) is 36.3 Å². The predicted molar refractivity (Wildman–Crippen MR) is 174 cm³/mol. The molecule has 1 unspecified atom stereocenters. The van der Waals surface area contributed by atoms with Gasteiger partial charge in [0.05, 0.1) is 11.3 Å². The Balaban J connectivity index is 0.000000305. The van der Waals surface area contributed by atoms with Crippen LogP contribution in [0.15, 0.2) is 77.0 Å². The second kappa shape index (κ2) is 13.2. The Hall–Kier alpha value is -3.27. The first kappa shape index (κ1) is 32.6. The molecule has 1 atom stereocenters. The van der Waals surface area contributed by atoms with Crippen molar-refractivity contribution in [2.24, 2.45) is 17.3 Å². The van der Waals surface area contributed by atoms with E-state index in [0.29, 0.717) is 11.3 Å². The third kappa shape index (κ3) is 7.11. The van der Waals surface area contributed by atoms with Crippen LogP contribution in [0.1, 0.15) is 77.8 Å². The van der Waals surface area contributed by atoms with Gasteiger partial charge < -0.3 is 14.5 Å². The molecule has 5 heteroatoms. The van der Waals surface area contributed by atoms with Crippen LogP contribution >= 0.6 is 0 Å². The molecule has 2 heterocycles. The normalized spacial score (nSPS) is 16.5. The zero-order chi connectivity index (χ0) is 30.2. The summed E-state index contributed by atoms with van der Waals surface area (Å²) in [6.45, 7) is 14.2. The summed E-state index contributed by atoms with van der Waals surface area (Å²) in [4.78, 5) is 15.8. The Morgan fingerprint density at radius 3 is 2.44 bits per heavy atom. The van der Waals surface area contributed by atoms with Gasteiger partial charge in [-0.3, -0.25) is 4.79 Å². The summed E-state index contributed by atoms with van der Waals surface area (Å²) < 4.78 is 6.30. The number of furan rings is 1. The first-order chi connectivity index (χ1) is 19.9. The molecule has 1 fully saturated rings. The maximum absolute atomic E-state index is 11.0. The number of aliphatic hydroxyl groups is 1. The molecule has 43 heavy (non-hydrogen) atoms. The number of carbonyl (C=O) groups is 1. The fourth-order valence-electron chi connectivity index (χ4n) is 5.92. The van der Waals surface area contributed by atoms with Gasteiger partial charge in [0, 0.05) is 49.6 Å². The van der Waals surface area contributed by atoms with Gasteiger partial charge in [-0.05, 0) is 64.8 Å². The molecule has 1 N–H and O–H groups in total. The molecule has 0 amide bonds. The van der Waals surface area contributed by atoms with Gasteiger partial charge in [-0.15, -0.1) is 17.7 Å². The predicted octanol–water partition coefficient (Wildman–Crippen LogP) is 10.5. The van der Waals surface area contributed by atoms with E-state index in [2.05, 4.69) is 69.3 Å². The largest absolute Gasteiger partial charge is 0.512 e. The van der Waals surface area contributed by atoms with Gasteiger partial charge in [0.2, 0.25) is 0 Å². The first-order valence-electron chi connectivity index (χ1n) is 15.1. The quantitative estimate of drug-likeness (QED) is 0.110. The van der Waals surface area contributed by atoms with Crippen LogP contribution in [0.4, 0.5) is 0 Å². The van der Waals surface area contributed by atoms with Gasteiger partial charge in [-0.2, -0.15) is 0 Å². The average Bonchev–Trinajstić information content (AvgIpc) is 3.51. The van der Waals surface area contributed by atoms with Crippen molar-refractivity contribution in [2.45, 2.75) is 73.6 Å². The van der Waals surface area contributed by atoms with Gasteiger partial charge in [0.15, 0.2) is 5.78 Å². The molecule has 3 aromatic carbocycles. The molecule has 1 radical (unpaired) electrons. The second-order valence-corrected chi connectivity index (χ2v) is 13.2. The van der Waals surface area contributed by atoms with Crippen LogP contribution in [0, 0.1) is 30.2 Å². The molecular formula is C38H42IrNO3-. The van der Waals surface area contributed by atoms with Gasteiger partial charge >= 0.3 is 0 Å². The third-order valence-electron chi connectivity index (χ3n) is 8.46. The smallest absolute Gasteiger partial charge is 0.161 e. The maximum Gasteiger partial charge on any atom is 0.161 e. The van der Waals surface area contributed by atoms with E-state index in [9.17, 15) is 9.90 Å². The van der Waals surface area contributed by atoms with Gasteiger partial charge in [-0.1, -0.05) is 95.8 Å². The van der Waals surface area contributed by atoms with Crippen molar-refractivity contribution in [1.29, 1.82) is 0 Å². The van der Waals surface area contributed by atoms with Gasteiger partial charge in [-0.25, -0.2) is 0 Å². The number of nitrogens with zero attached hydrogens (tertiary/aromatic N) is 1. The third-order valence-corrected chi connectivity index (χ3v) is 8.46. The van der Waals surface area contributed by atoms with Crippen LogP contribution in [-0.2, 0) is 24.9 Å². The van der Waals surface area contributed by atoms with Crippen LogP contribution < -0.4 is 0 Å². The minimum atomic E-state index is -0.0316. The van der Waals surface area contributed by atoms with Gasteiger partial charge in [0.25, 0.3) is 0 Å². The number of para-hydroxylation sites is 1. The van der Waals surface area contributed by atoms with Crippen molar-refractivity contribution in [3.63, 3.8) is 0 Å². The maximum atomic E-state index is 11.0. The summed E-state index contributed by atoms with van der Waals surface area (Å²) in [6, 6.07) is 23.0. The van der Waals surface area contributed by atoms with E-state index in [1.807, 2.05) is 46.0 Å². The molecule has 1 saturated carbocycles. The van der Waals surface area contributed by atoms with Gasteiger partial charge in [0.1, 0.15) is 5.58 Å². The zero-order valence-corrected chi connectivity index (χ0v) is 28.6. The molecule has 6 rings (SSSR count). The van der Waals surface area contributed by atoms with E-state index in [1.54, 1.807) is 0 Å². The number of benzene rings is 3. The monoisotopic (exact) mass is 753 g/mol. The second-order valence-electron chi connectivity index (χ2n) is 13.2. The summed E-state index contributed by atoms with van der Waals surface area (Å²) in [5, 5.41) is 13.9. The van der Waals surface area contributed by atoms with Crippen molar-refractivity contribution in [2.75, 3.05) is 0 Å². The average molecular weight is 753 g/mol. The topological polar surface area (TPSA) is 63.3 Å². The number of ketones is 1. The zero-order valence-electron chi connectivity index (χ0n) is 26.2. The van der Waals surface area contributed by atoms with Crippen LogP contribution in [0.5, 0.6) is 0 Å². The van der Waals surface area contributed by atoms with E-state index in [0.717, 1.165) is 44.1 Å². The molecule has 0 aliphatic heterocycles. The van der Waals surface area contributed by atoms with Crippen molar-refractivity contribution in [3.8, 4) is 11.3 Å². The number of pyridine rings is 1. The Kier molecular flexibility index (Phi) is 9.99. The number of rotatable bonds is 5. The molecule has 0 spiro atoms. The number of hydrogen-bond acceptors (Lipinski definition) is 4. The van der Waals surface area contributed by atoms with Crippen molar-refractivity contribution < 1.29 is 34.4 Å². The number of carbonyl (C=O) groups excluding carboxylic acids is 1. The van der Waals surface area contributed by atoms with Crippen LogP contribution in [0.25, 0.3) is 44.0 Å². The molecule has 0 saturated heterocycles. The van der Waals surface area contributed by atoms with Crippen LogP contribution in [0.2, 0.25) is 0 Å². The van der Waals surface area contributed by atoms with Crippen LogP contribution in [-0.4, -0.2) is 15.9 Å². The molecule has 2 aromatic heterocycles. The molecule has 1 aliphatic carbocycles. The summed E-state index contributed by atoms with van der Waals surface area (Å²) in [5.41, 5.74) is 6.68. The van der Waals surface area contributed by atoms with E-state index in [4.69, 9.17) is 9.40 Å². The van der Waals surface area contributed by atoms with E-state index >= 15 is 0 Å². The number of fused-ring (bicyclic) bond motifs is 4. The summed E-state index contributed by atoms with van der Waals surface area (Å²) >= 11 is 0. The van der Waals surface area contributed by atoms with Crippen molar-refractivity contribution >= 4 is 38.5 Å². The SMILES string of the molecule is CC(C)C(=O)/C=C(\O)C(C)C.Cc1[c-]c(-c2nccc3cc(C4CCC(C)(C)C4)ccc23)c2oc3ccccc3c2c1.[Ir]. The number of hydrogen-bond donors (Lipinski definition) is 1. The molecular weight excluding hydrogens is 711 g/mol. The molecule has 0 bridgehead atoms. The van der Waals surface area contributed by atoms with E-state index in [-0.39, 0.29) is 43.5 Å². The molecule has 4 nitrogen and oxygen atoms in total. The Bertz CT molecular complexity index is 1790. The Labute approximate surface area is 268 Å². The minimum Gasteiger partial charge on any atom is -0.512 e. The fraction of sp³-hybridized carbons (Fsp3) is 0.368. The summed E-state index contributed by atoms with van der Waals surface area (Å²) in [7, 11) is 0. The Morgan fingerprint density at radius 1 is 1.02 bits per heavy atom. The number of aliphatic hydroxyl groups excluding tert-OH is 1. The first-order valence-corrected chi connectivity index (χ1v) is 15.1. The number of aromatic nitrogens is 1. The van der Waals surface area contributed by atoms with Crippen LogP contribution in [0.3, 0.4) is 0 Å². The molecule has 5 aromatic rings. The number of allylic oxidation sites excluding steroid dienone is 2. The van der Waals surface area contributed by atoms with E-state index < -0.39 is 0 Å². The number of aryl methyl sites for hydroxylation is 1. The van der Waals surface area contributed by atoms with Crippen molar-refractivity contribution in [1.82, 2.24) is 4.98 Å².